The molecule has 0 amide bonds. The van der Waals surface area contributed by atoms with Crippen molar-refractivity contribution in [1.82, 2.24) is 9.62 Å². The Labute approximate surface area is 125 Å². The van der Waals surface area contributed by atoms with Gasteiger partial charge in [0.1, 0.15) is 0 Å². The Kier molecular flexibility index (Phi) is 4.69. The molecule has 0 saturated carbocycles. The molecule has 1 aromatic carbocycles. The van der Waals surface area contributed by atoms with Crippen molar-refractivity contribution in [2.75, 3.05) is 20.1 Å². The van der Waals surface area contributed by atoms with Crippen LogP contribution < -0.4 is 10.5 Å². The van der Waals surface area contributed by atoms with Gasteiger partial charge in [0.2, 0.25) is 20.0 Å². The Morgan fingerprint density at radius 1 is 1.24 bits per heavy atom. The van der Waals surface area contributed by atoms with Crippen LogP contribution in [0.15, 0.2) is 34.1 Å². The summed E-state index contributed by atoms with van der Waals surface area (Å²) >= 11 is 0. The monoisotopic (exact) mass is 333 g/mol. The van der Waals surface area contributed by atoms with E-state index in [0.29, 0.717) is 13.1 Å². The summed E-state index contributed by atoms with van der Waals surface area (Å²) in [4.78, 5) is -0.253. The van der Waals surface area contributed by atoms with Crippen LogP contribution in [0.5, 0.6) is 0 Å². The topological polar surface area (TPSA) is 110 Å². The molecule has 0 radical (unpaired) electrons. The maximum atomic E-state index is 12.6. The van der Waals surface area contributed by atoms with Crippen LogP contribution in [0.2, 0.25) is 0 Å². The highest BCUT2D eigenvalue weighted by atomic mass is 32.2. The number of piperidine rings is 1. The quantitative estimate of drug-likeness (QED) is 0.786. The number of hydrogen-bond donors (Lipinski definition) is 2. The highest BCUT2D eigenvalue weighted by Gasteiger charge is 2.30. The molecule has 0 aliphatic carbocycles. The standard InChI is InChI=1S/C12H19N3O4S2/c1-14-10-4-3-7-15(9-10)21(18,19)12-6-2-5-11(8-12)20(13,16)17/h2,5-6,8,10,14H,3-4,7,9H2,1H3,(H2,13,16,17)/t10-/m0/s1. The number of sulfonamides is 2. The van der Waals surface area contributed by atoms with Crippen molar-refractivity contribution in [1.29, 1.82) is 0 Å². The fraction of sp³-hybridized carbons (Fsp3) is 0.500. The first-order valence-electron chi connectivity index (χ1n) is 6.55. The van der Waals surface area contributed by atoms with Gasteiger partial charge in [0.25, 0.3) is 0 Å². The molecular weight excluding hydrogens is 314 g/mol. The van der Waals surface area contributed by atoms with Crippen LogP contribution in [0, 0.1) is 0 Å². The molecule has 0 spiro atoms. The van der Waals surface area contributed by atoms with Gasteiger partial charge < -0.3 is 5.32 Å². The SMILES string of the molecule is CN[C@H]1CCCN(S(=O)(=O)c2cccc(S(N)(=O)=O)c2)C1. The predicted molar refractivity (Wildman–Crippen MR) is 78.7 cm³/mol. The summed E-state index contributed by atoms with van der Waals surface area (Å²) in [6.07, 6.45) is 1.68. The van der Waals surface area contributed by atoms with Gasteiger partial charge in [-0.2, -0.15) is 4.31 Å². The molecule has 1 saturated heterocycles. The van der Waals surface area contributed by atoms with E-state index < -0.39 is 20.0 Å². The van der Waals surface area contributed by atoms with Crippen molar-refractivity contribution in [3.63, 3.8) is 0 Å². The summed E-state index contributed by atoms with van der Waals surface area (Å²) in [7, 11) is -5.85. The highest BCUT2D eigenvalue weighted by Crippen LogP contribution is 2.22. The molecule has 3 N–H and O–H groups in total. The third-order valence-corrected chi connectivity index (χ3v) is 6.34. The highest BCUT2D eigenvalue weighted by molar-refractivity contribution is 7.90. The van der Waals surface area contributed by atoms with Gasteiger partial charge in [0.15, 0.2) is 0 Å². The van der Waals surface area contributed by atoms with Gasteiger partial charge in [-0.15, -0.1) is 0 Å². The first kappa shape index (κ1) is 16.4. The zero-order valence-corrected chi connectivity index (χ0v) is 13.3. The van der Waals surface area contributed by atoms with Crippen molar-refractivity contribution in [3.05, 3.63) is 24.3 Å². The lowest BCUT2D eigenvalue weighted by Crippen LogP contribution is -2.46. The lowest BCUT2D eigenvalue weighted by molar-refractivity contribution is 0.293. The van der Waals surface area contributed by atoms with E-state index in [2.05, 4.69) is 5.32 Å². The lowest BCUT2D eigenvalue weighted by atomic mass is 10.1. The fourth-order valence-corrected chi connectivity index (χ4v) is 4.56. The summed E-state index contributed by atoms with van der Waals surface area (Å²) in [5.41, 5.74) is 0. The Morgan fingerprint density at radius 2 is 1.90 bits per heavy atom. The van der Waals surface area contributed by atoms with Crippen molar-refractivity contribution in [3.8, 4) is 0 Å². The summed E-state index contributed by atoms with van der Waals surface area (Å²) in [6.45, 7) is 0.804. The second kappa shape index (κ2) is 6.01. The molecular formula is C12H19N3O4S2. The van der Waals surface area contributed by atoms with Crippen LogP contribution in [-0.4, -0.2) is 47.3 Å². The molecule has 9 heteroatoms. The molecule has 1 fully saturated rings. The number of nitrogens with two attached hydrogens (primary N) is 1. The van der Waals surface area contributed by atoms with Crippen LogP contribution >= 0.6 is 0 Å². The van der Waals surface area contributed by atoms with Gasteiger partial charge in [0, 0.05) is 19.1 Å². The average molecular weight is 333 g/mol. The van der Waals surface area contributed by atoms with Gasteiger partial charge in [-0.25, -0.2) is 22.0 Å². The number of rotatable bonds is 4. The first-order chi connectivity index (χ1) is 9.75. The van der Waals surface area contributed by atoms with Crippen LogP contribution in [0.4, 0.5) is 0 Å². The van der Waals surface area contributed by atoms with Gasteiger partial charge in [0.05, 0.1) is 9.79 Å². The van der Waals surface area contributed by atoms with Crippen LogP contribution in [0.3, 0.4) is 0 Å². The van der Waals surface area contributed by atoms with Gasteiger partial charge in [-0.1, -0.05) is 6.07 Å². The van der Waals surface area contributed by atoms with Crippen molar-refractivity contribution < 1.29 is 16.8 Å². The predicted octanol–water partition coefficient (Wildman–Crippen LogP) is -0.293. The second-order valence-corrected chi connectivity index (χ2v) is 8.51. The van der Waals surface area contributed by atoms with E-state index in [1.807, 2.05) is 0 Å². The van der Waals surface area contributed by atoms with E-state index in [1.165, 1.54) is 22.5 Å². The molecule has 118 valence electrons. The van der Waals surface area contributed by atoms with Gasteiger partial charge >= 0.3 is 0 Å². The van der Waals surface area contributed by atoms with E-state index in [1.54, 1.807) is 7.05 Å². The minimum Gasteiger partial charge on any atom is -0.316 e. The molecule has 1 aromatic rings. The molecule has 0 bridgehead atoms. The Hall–Kier alpha value is -1.00. The minimum atomic E-state index is -3.93. The first-order valence-corrected chi connectivity index (χ1v) is 9.54. The lowest BCUT2D eigenvalue weighted by Gasteiger charge is -2.31. The summed E-state index contributed by atoms with van der Waals surface area (Å²) in [5.74, 6) is 0. The summed E-state index contributed by atoms with van der Waals surface area (Å²) < 4.78 is 49.2. The number of primary sulfonamides is 1. The molecule has 21 heavy (non-hydrogen) atoms. The van der Waals surface area contributed by atoms with Crippen molar-refractivity contribution >= 4 is 20.0 Å². The molecule has 2 rings (SSSR count). The smallest absolute Gasteiger partial charge is 0.243 e. The maximum Gasteiger partial charge on any atom is 0.243 e. The van der Waals surface area contributed by atoms with E-state index in [9.17, 15) is 16.8 Å². The van der Waals surface area contributed by atoms with Crippen LogP contribution in [-0.2, 0) is 20.0 Å². The molecule has 1 aliphatic rings. The Balaban J connectivity index is 2.36. The van der Waals surface area contributed by atoms with E-state index >= 15 is 0 Å². The maximum absolute atomic E-state index is 12.6. The van der Waals surface area contributed by atoms with E-state index in [-0.39, 0.29) is 15.8 Å². The third-order valence-electron chi connectivity index (χ3n) is 3.56. The normalized spacial score (nSPS) is 21.3. The Bertz CT molecular complexity index is 716. The molecule has 1 aliphatic heterocycles. The van der Waals surface area contributed by atoms with Gasteiger partial charge in [-0.3, -0.25) is 0 Å². The van der Waals surface area contributed by atoms with E-state index in [4.69, 9.17) is 5.14 Å². The zero-order valence-electron chi connectivity index (χ0n) is 11.7. The van der Waals surface area contributed by atoms with Crippen molar-refractivity contribution in [2.24, 2.45) is 5.14 Å². The summed E-state index contributed by atoms with van der Waals surface area (Å²) in [6, 6.07) is 5.25. The number of hydrogen-bond acceptors (Lipinski definition) is 5. The molecule has 0 aromatic heterocycles. The molecule has 7 nitrogen and oxygen atoms in total. The summed E-state index contributed by atoms with van der Waals surface area (Å²) in [5, 5.41) is 8.12. The Morgan fingerprint density at radius 3 is 2.52 bits per heavy atom. The van der Waals surface area contributed by atoms with Crippen LogP contribution in [0.25, 0.3) is 0 Å². The molecule has 1 heterocycles. The largest absolute Gasteiger partial charge is 0.316 e. The number of nitrogens with one attached hydrogen (secondary N) is 1. The number of benzene rings is 1. The third kappa shape index (κ3) is 3.61. The molecule has 1 atom stereocenters. The fourth-order valence-electron chi connectivity index (χ4n) is 2.36. The minimum absolute atomic E-state index is 0.0502. The molecule has 0 unspecified atom stereocenters. The van der Waals surface area contributed by atoms with Gasteiger partial charge in [-0.05, 0) is 38.1 Å². The zero-order chi connectivity index (χ0) is 15.7. The number of nitrogens with zero attached hydrogens (tertiary/aromatic N) is 1. The van der Waals surface area contributed by atoms with Crippen molar-refractivity contribution in [2.45, 2.75) is 28.7 Å². The van der Waals surface area contributed by atoms with E-state index in [0.717, 1.165) is 18.9 Å². The van der Waals surface area contributed by atoms with Crippen LogP contribution in [0.1, 0.15) is 12.8 Å². The number of likely N-dealkylation sites (N-methyl/N-ethyl adjacent to an activating group) is 1. The second-order valence-electron chi connectivity index (χ2n) is 5.01. The average Bonchev–Trinajstić information content (AvgIpc) is 2.46.